The van der Waals surface area contributed by atoms with E-state index in [9.17, 15) is 4.79 Å². The Bertz CT molecular complexity index is 300. The summed E-state index contributed by atoms with van der Waals surface area (Å²) in [5, 5.41) is 0. The maximum atomic E-state index is 11.8. The highest BCUT2D eigenvalue weighted by Crippen LogP contribution is 2.41. The number of amides is 1. The van der Waals surface area contributed by atoms with Crippen LogP contribution in [-0.4, -0.2) is 47.9 Å². The summed E-state index contributed by atoms with van der Waals surface area (Å²) < 4.78 is 10.9. The molecule has 2 N–H and O–H groups in total. The fourth-order valence-electron chi connectivity index (χ4n) is 1.95. The summed E-state index contributed by atoms with van der Waals surface area (Å²) in [6, 6.07) is 0.0673. The normalized spacial score (nSPS) is 34.0. The Labute approximate surface area is 95.9 Å². The molecule has 92 valence electrons. The van der Waals surface area contributed by atoms with E-state index in [4.69, 9.17) is 15.2 Å². The quantitative estimate of drug-likeness (QED) is 0.663. The highest BCUT2D eigenvalue weighted by atomic mass is 16.6. The zero-order chi connectivity index (χ0) is 12.0. The van der Waals surface area contributed by atoms with Crippen LogP contribution in [0.1, 0.15) is 27.2 Å². The zero-order valence-electron chi connectivity index (χ0n) is 10.2. The van der Waals surface area contributed by atoms with Crippen molar-refractivity contribution < 1.29 is 14.3 Å². The van der Waals surface area contributed by atoms with Crippen molar-refractivity contribution in [2.24, 2.45) is 5.73 Å². The fraction of sp³-hybridized carbons (Fsp3) is 0.909. The van der Waals surface area contributed by atoms with Gasteiger partial charge < -0.3 is 20.1 Å². The van der Waals surface area contributed by atoms with Gasteiger partial charge in [0.1, 0.15) is 11.2 Å². The van der Waals surface area contributed by atoms with Gasteiger partial charge in [0.05, 0.1) is 13.2 Å². The van der Waals surface area contributed by atoms with Gasteiger partial charge in [-0.05, 0) is 27.2 Å². The largest absolute Gasteiger partial charge is 0.444 e. The maximum absolute atomic E-state index is 11.8. The van der Waals surface area contributed by atoms with Crippen molar-refractivity contribution in [1.82, 2.24) is 4.90 Å². The fourth-order valence-corrected chi connectivity index (χ4v) is 1.95. The van der Waals surface area contributed by atoms with Crippen LogP contribution in [0, 0.1) is 0 Å². The molecule has 2 atom stereocenters. The Morgan fingerprint density at radius 3 is 2.69 bits per heavy atom. The minimum atomic E-state index is -0.450. The van der Waals surface area contributed by atoms with E-state index in [1.54, 1.807) is 4.90 Å². The molecule has 1 saturated carbocycles. The van der Waals surface area contributed by atoms with E-state index >= 15 is 0 Å². The van der Waals surface area contributed by atoms with Gasteiger partial charge in [-0.15, -0.1) is 0 Å². The van der Waals surface area contributed by atoms with E-state index in [1.807, 2.05) is 20.8 Å². The predicted octanol–water partition coefficient (Wildman–Crippen LogP) is 0.724. The van der Waals surface area contributed by atoms with E-state index in [2.05, 4.69) is 0 Å². The number of hydrogen-bond acceptors (Lipinski definition) is 4. The average Bonchev–Trinajstić information content (AvgIpc) is 2.73. The second kappa shape index (κ2) is 3.60. The molecule has 1 spiro atoms. The molecule has 2 rings (SSSR count). The average molecular weight is 228 g/mol. The van der Waals surface area contributed by atoms with Gasteiger partial charge >= 0.3 is 6.09 Å². The maximum Gasteiger partial charge on any atom is 0.410 e. The molecule has 0 unspecified atom stereocenters. The summed E-state index contributed by atoms with van der Waals surface area (Å²) in [5.41, 5.74) is 5.09. The Morgan fingerprint density at radius 1 is 1.56 bits per heavy atom. The first-order valence-corrected chi connectivity index (χ1v) is 5.70. The number of rotatable bonds is 0. The standard InChI is InChI=1S/C11H20N2O3/c1-10(2,3)16-9(14)13-4-5-15-11(7-13)6-8(11)12/h8H,4-7,12H2,1-3H3/t8-,11-/m0/s1. The highest BCUT2D eigenvalue weighted by molar-refractivity contribution is 5.68. The summed E-state index contributed by atoms with van der Waals surface area (Å²) >= 11 is 0. The molecule has 5 heteroatoms. The molecule has 16 heavy (non-hydrogen) atoms. The van der Waals surface area contributed by atoms with Gasteiger partial charge in [-0.3, -0.25) is 0 Å². The zero-order valence-corrected chi connectivity index (χ0v) is 10.2. The topological polar surface area (TPSA) is 64.8 Å². The van der Waals surface area contributed by atoms with Crippen LogP contribution < -0.4 is 5.73 Å². The summed E-state index contributed by atoms with van der Waals surface area (Å²) in [6.07, 6.45) is 0.570. The van der Waals surface area contributed by atoms with E-state index in [0.717, 1.165) is 6.42 Å². The molecule has 0 aromatic carbocycles. The Kier molecular flexibility index (Phi) is 2.62. The van der Waals surface area contributed by atoms with Crippen LogP contribution in [0.2, 0.25) is 0 Å². The number of nitrogens with zero attached hydrogens (tertiary/aromatic N) is 1. The third kappa shape index (κ3) is 2.30. The lowest BCUT2D eigenvalue weighted by Gasteiger charge is -2.34. The first-order valence-electron chi connectivity index (χ1n) is 5.70. The molecule has 1 amide bonds. The molecule has 2 fully saturated rings. The molecule has 0 bridgehead atoms. The van der Waals surface area contributed by atoms with Crippen molar-refractivity contribution in [2.75, 3.05) is 19.7 Å². The number of carbonyl (C=O) groups excluding carboxylic acids is 1. The Morgan fingerprint density at radius 2 is 2.19 bits per heavy atom. The second-order valence-electron chi connectivity index (χ2n) is 5.63. The molecular weight excluding hydrogens is 208 g/mol. The van der Waals surface area contributed by atoms with Crippen molar-refractivity contribution in [2.45, 2.75) is 44.4 Å². The number of nitrogens with two attached hydrogens (primary N) is 1. The molecule has 2 aliphatic rings. The molecule has 1 saturated heterocycles. The van der Waals surface area contributed by atoms with Gasteiger partial charge in [0.25, 0.3) is 0 Å². The molecular formula is C11H20N2O3. The minimum absolute atomic E-state index is 0.0673. The second-order valence-corrected chi connectivity index (χ2v) is 5.63. The summed E-state index contributed by atoms with van der Waals surface area (Å²) in [6.45, 7) is 7.29. The van der Waals surface area contributed by atoms with Crippen molar-refractivity contribution in [3.05, 3.63) is 0 Å². The van der Waals surface area contributed by atoms with Crippen LogP contribution >= 0.6 is 0 Å². The van der Waals surface area contributed by atoms with Gasteiger partial charge in [0.15, 0.2) is 0 Å². The third-order valence-corrected chi connectivity index (χ3v) is 2.94. The SMILES string of the molecule is CC(C)(C)OC(=O)N1CCO[C@@]2(C[C@@H]2N)C1. The van der Waals surface area contributed by atoms with Gasteiger partial charge in [-0.1, -0.05) is 0 Å². The minimum Gasteiger partial charge on any atom is -0.444 e. The van der Waals surface area contributed by atoms with E-state index in [0.29, 0.717) is 19.7 Å². The van der Waals surface area contributed by atoms with Crippen molar-refractivity contribution in [3.63, 3.8) is 0 Å². The van der Waals surface area contributed by atoms with Crippen molar-refractivity contribution in [3.8, 4) is 0 Å². The first-order chi connectivity index (χ1) is 7.32. The van der Waals surface area contributed by atoms with Gasteiger partial charge in [0, 0.05) is 12.6 Å². The monoisotopic (exact) mass is 228 g/mol. The summed E-state index contributed by atoms with van der Waals surface area (Å²) in [5.74, 6) is 0. The molecule has 1 aliphatic heterocycles. The summed E-state index contributed by atoms with van der Waals surface area (Å²) in [4.78, 5) is 13.5. The van der Waals surface area contributed by atoms with Crippen LogP contribution in [0.15, 0.2) is 0 Å². The molecule has 1 heterocycles. The summed E-state index contributed by atoms with van der Waals surface area (Å²) in [7, 11) is 0. The van der Waals surface area contributed by atoms with Crippen LogP contribution in [0.3, 0.4) is 0 Å². The van der Waals surface area contributed by atoms with Crippen LogP contribution in [0.25, 0.3) is 0 Å². The Hall–Kier alpha value is -0.810. The predicted molar refractivity (Wildman–Crippen MR) is 59.1 cm³/mol. The van der Waals surface area contributed by atoms with Gasteiger partial charge in [-0.2, -0.15) is 0 Å². The van der Waals surface area contributed by atoms with Gasteiger partial charge in [0.2, 0.25) is 0 Å². The lowest BCUT2D eigenvalue weighted by Crippen LogP contribution is -2.50. The Balaban J connectivity index is 1.92. The van der Waals surface area contributed by atoms with E-state index < -0.39 is 5.60 Å². The van der Waals surface area contributed by atoms with Gasteiger partial charge in [-0.25, -0.2) is 4.79 Å². The van der Waals surface area contributed by atoms with Crippen LogP contribution in [0.5, 0.6) is 0 Å². The molecule has 1 aliphatic carbocycles. The highest BCUT2D eigenvalue weighted by Gasteiger charge is 2.56. The smallest absolute Gasteiger partial charge is 0.410 e. The van der Waals surface area contributed by atoms with Crippen molar-refractivity contribution >= 4 is 6.09 Å². The third-order valence-electron chi connectivity index (χ3n) is 2.94. The van der Waals surface area contributed by atoms with Crippen LogP contribution in [-0.2, 0) is 9.47 Å². The lowest BCUT2D eigenvalue weighted by molar-refractivity contribution is -0.0572. The number of morpholine rings is 1. The number of carbonyl (C=O) groups is 1. The number of ether oxygens (including phenoxy) is 2. The molecule has 0 aromatic heterocycles. The van der Waals surface area contributed by atoms with E-state index in [1.165, 1.54) is 0 Å². The molecule has 5 nitrogen and oxygen atoms in total. The first kappa shape index (κ1) is 11.7. The molecule has 0 aromatic rings. The number of hydrogen-bond donors (Lipinski definition) is 1. The van der Waals surface area contributed by atoms with E-state index in [-0.39, 0.29) is 17.7 Å². The lowest BCUT2D eigenvalue weighted by atomic mass is 10.2. The van der Waals surface area contributed by atoms with Crippen molar-refractivity contribution in [1.29, 1.82) is 0 Å². The molecule has 0 radical (unpaired) electrons. The van der Waals surface area contributed by atoms with Crippen LogP contribution in [0.4, 0.5) is 4.79 Å².